The summed E-state index contributed by atoms with van der Waals surface area (Å²) in [6.45, 7) is 11.0. The molecule has 0 unspecified atom stereocenters. The average molecular weight is 1350 g/mol. The number of likely N-dealkylation sites (tertiary alicyclic amines) is 1. The molecule has 4 N–H and O–H groups in total. The molecule has 2 aromatic carbocycles. The Morgan fingerprint density at radius 2 is 1.25 bits per heavy atom. The number of nitrogens with zero attached hydrogens (tertiary/aromatic N) is 8. The molecule has 8 atom stereocenters. The number of nitrogens with one attached hydrogen (secondary N) is 4. The summed E-state index contributed by atoms with van der Waals surface area (Å²) in [4.78, 5) is 186. The van der Waals surface area contributed by atoms with E-state index in [1.165, 1.54) is 94.8 Å². The van der Waals surface area contributed by atoms with Gasteiger partial charge in [0.15, 0.2) is 0 Å². The fourth-order valence-electron chi connectivity index (χ4n) is 12.6. The summed E-state index contributed by atoms with van der Waals surface area (Å²) < 4.78 is 5.40. The molecule has 534 valence electrons. The van der Waals surface area contributed by atoms with E-state index in [0.717, 1.165) is 48.3 Å². The molecule has 97 heavy (non-hydrogen) atoms. The number of methoxy groups -OCH3 is 1. The number of likely N-dealkylation sites (N-methyl/N-ethyl adjacent to an activating group) is 6. The van der Waals surface area contributed by atoms with E-state index < -0.39 is 151 Å². The highest BCUT2D eigenvalue weighted by atomic mass is 16.5. The Bertz CT molecular complexity index is 3160. The minimum atomic E-state index is -1.76. The molecule has 2 heterocycles. The maximum atomic E-state index is 15.3. The van der Waals surface area contributed by atoms with Crippen LogP contribution in [0.3, 0.4) is 0 Å². The standard InChI is InChI=1S/C72H108N12O13/c1-17-47(5)63-70(95)80(12)44-61(87)78(10)45-62(88)81(13)57(40-50-26-21-19-22-27-50)68(93)79(11)43-59(85)73-54(39-52-29-25-28-49(18-2)37-52)65(90)74-56(38-51-30-32-53(97-16)33-31-51)67(92)83(15)72(7,8)71(96)75-55(36-46(3)4)66(91)82(14)58(69(94)84-34-23-20-24-35-84)41-60(86)77(9)42-48(6)64(89)76-63/h2,25,28-33,37,46-48,50,54-58,63H,17,19-24,26-27,34-36,38-45H2,1,3-16H3,(H,73,85)(H,74,90)(H,75,96)(H,76,89)/t47-,48+,54-,55-,56-,57-,58-,63-/m0/s1. The predicted octanol–water partition coefficient (Wildman–Crippen LogP) is 3.24. The van der Waals surface area contributed by atoms with E-state index in [2.05, 4.69) is 27.2 Å². The van der Waals surface area contributed by atoms with Gasteiger partial charge >= 0.3 is 0 Å². The molecule has 0 spiro atoms. The number of amides is 12. The van der Waals surface area contributed by atoms with Gasteiger partial charge in [0, 0.05) is 87.4 Å². The fraction of sp³-hybridized carbons (Fsp3) is 0.639. The number of carbonyl (C=O) groups is 12. The maximum Gasteiger partial charge on any atom is 0.246 e. The zero-order valence-electron chi connectivity index (χ0n) is 60.0. The zero-order valence-corrected chi connectivity index (χ0v) is 60.0. The lowest BCUT2D eigenvalue weighted by Gasteiger charge is -2.39. The summed E-state index contributed by atoms with van der Waals surface area (Å²) in [5.74, 6) is -6.10. The number of benzene rings is 2. The van der Waals surface area contributed by atoms with Crippen molar-refractivity contribution in [3.63, 3.8) is 0 Å². The Morgan fingerprint density at radius 3 is 1.86 bits per heavy atom. The van der Waals surface area contributed by atoms with E-state index in [-0.39, 0.29) is 44.1 Å². The van der Waals surface area contributed by atoms with Gasteiger partial charge in [-0.3, -0.25) is 57.5 Å². The zero-order chi connectivity index (χ0) is 72.2. The van der Waals surface area contributed by atoms with E-state index in [9.17, 15) is 43.2 Å². The molecule has 0 aromatic heterocycles. The van der Waals surface area contributed by atoms with E-state index in [4.69, 9.17) is 11.2 Å². The van der Waals surface area contributed by atoms with Crippen molar-refractivity contribution in [3.8, 4) is 18.1 Å². The SMILES string of the molecule is C#Cc1cccc(C[C@@H]2NC(=O)CN(C)C(=O)[C@H](CC3CCCCC3)N(C)C(=O)CN(C)C(=O)CN(C)C(=O)[C@H]([C@@H](C)CC)NC(=O)[C@H](C)CN(C)C(=O)C[C@@H](C(=O)N3CCCCC3)N(C)C(=O)[C@H](CC(C)C)NC(=O)C(C)(C)N(C)C(=O)[C@H](Cc3ccc(OC)cc3)NC2=O)c1. The quantitative estimate of drug-likeness (QED) is 0.222. The normalized spacial score (nSPS) is 24.6. The monoisotopic (exact) mass is 1350 g/mol. The highest BCUT2D eigenvalue weighted by molar-refractivity contribution is 6.00. The number of ether oxygens (including phenoxy) is 1. The molecule has 0 bridgehead atoms. The first-order valence-electron chi connectivity index (χ1n) is 34.2. The van der Waals surface area contributed by atoms with E-state index in [1.807, 2.05) is 20.8 Å². The smallest absolute Gasteiger partial charge is 0.246 e. The predicted molar refractivity (Wildman–Crippen MR) is 367 cm³/mol. The van der Waals surface area contributed by atoms with Crippen LogP contribution in [0.1, 0.15) is 142 Å². The van der Waals surface area contributed by atoms with E-state index >= 15 is 14.4 Å². The van der Waals surface area contributed by atoms with Crippen molar-refractivity contribution in [2.75, 3.05) is 95.7 Å². The summed E-state index contributed by atoms with van der Waals surface area (Å²) in [5.41, 5.74) is -0.143. The Labute approximate surface area is 574 Å². The second-order valence-electron chi connectivity index (χ2n) is 27.9. The number of carbonyl (C=O) groups excluding carboxylic acids is 12. The Morgan fingerprint density at radius 1 is 0.639 bits per heavy atom. The third-order valence-electron chi connectivity index (χ3n) is 19.5. The molecular formula is C72H108N12O13. The summed E-state index contributed by atoms with van der Waals surface area (Å²) in [6.07, 6.45) is 12.6. The van der Waals surface area contributed by atoms with Crippen LogP contribution in [0.25, 0.3) is 0 Å². The van der Waals surface area contributed by atoms with Crippen LogP contribution < -0.4 is 26.0 Å². The van der Waals surface area contributed by atoms with Gasteiger partial charge in [-0.05, 0) is 99.1 Å². The van der Waals surface area contributed by atoms with Crippen molar-refractivity contribution in [2.24, 2.45) is 23.7 Å². The van der Waals surface area contributed by atoms with Gasteiger partial charge in [0.25, 0.3) is 0 Å². The van der Waals surface area contributed by atoms with Crippen molar-refractivity contribution in [1.29, 1.82) is 0 Å². The number of piperidine rings is 1. The molecule has 3 fully saturated rings. The molecular weight excluding hydrogens is 1240 g/mol. The minimum Gasteiger partial charge on any atom is -0.497 e. The first-order chi connectivity index (χ1) is 45.7. The van der Waals surface area contributed by atoms with Gasteiger partial charge in [-0.1, -0.05) is 103 Å². The molecule has 2 saturated heterocycles. The fourth-order valence-corrected chi connectivity index (χ4v) is 12.6. The second-order valence-corrected chi connectivity index (χ2v) is 27.9. The molecule has 25 heteroatoms. The molecule has 25 nitrogen and oxygen atoms in total. The summed E-state index contributed by atoms with van der Waals surface area (Å²) >= 11 is 0. The van der Waals surface area contributed by atoms with Crippen molar-refractivity contribution >= 4 is 70.9 Å². The van der Waals surface area contributed by atoms with Gasteiger partial charge in [0.1, 0.15) is 47.5 Å². The molecule has 3 aliphatic rings. The maximum absolute atomic E-state index is 15.3. The van der Waals surface area contributed by atoms with E-state index in [1.54, 1.807) is 67.3 Å². The first-order valence-corrected chi connectivity index (χ1v) is 34.2. The molecule has 1 saturated carbocycles. The lowest BCUT2D eigenvalue weighted by atomic mass is 9.84. The highest BCUT2D eigenvalue weighted by Crippen LogP contribution is 2.30. The second kappa shape index (κ2) is 36.7. The van der Waals surface area contributed by atoms with Crippen molar-refractivity contribution in [3.05, 3.63) is 65.2 Å². The topological polar surface area (TPSA) is 288 Å². The molecule has 12 amide bonds. The van der Waals surface area contributed by atoms with Crippen molar-refractivity contribution in [2.45, 2.75) is 180 Å². The molecule has 2 aromatic rings. The number of rotatable bonds is 12. The Hall–Kier alpha value is -8.56. The molecule has 5 rings (SSSR count). The average Bonchev–Trinajstić information content (AvgIpc) is 0.833. The van der Waals surface area contributed by atoms with Crippen LogP contribution in [0.15, 0.2) is 48.5 Å². The highest BCUT2D eigenvalue weighted by Gasteiger charge is 2.44. The lowest BCUT2D eigenvalue weighted by molar-refractivity contribution is -0.151. The van der Waals surface area contributed by atoms with Crippen LogP contribution >= 0.6 is 0 Å². The van der Waals surface area contributed by atoms with Gasteiger partial charge in [0.2, 0.25) is 70.9 Å². The van der Waals surface area contributed by atoms with E-state index in [0.29, 0.717) is 54.8 Å². The van der Waals surface area contributed by atoms with Crippen molar-refractivity contribution in [1.82, 2.24) is 60.5 Å². The van der Waals surface area contributed by atoms with Crippen LogP contribution in [-0.2, 0) is 70.4 Å². The van der Waals surface area contributed by atoms with Gasteiger partial charge in [-0.15, -0.1) is 6.42 Å². The number of terminal acetylenes is 1. The van der Waals surface area contributed by atoms with Gasteiger partial charge in [-0.25, -0.2) is 0 Å². The van der Waals surface area contributed by atoms with Gasteiger partial charge in [-0.2, -0.15) is 0 Å². The van der Waals surface area contributed by atoms with Crippen LogP contribution in [0.5, 0.6) is 5.75 Å². The van der Waals surface area contributed by atoms with Crippen LogP contribution in [0.2, 0.25) is 0 Å². The largest absolute Gasteiger partial charge is 0.497 e. The third-order valence-corrected chi connectivity index (χ3v) is 19.5. The first kappa shape index (κ1) is 79.1. The van der Waals surface area contributed by atoms with Gasteiger partial charge < -0.3 is 65.2 Å². The van der Waals surface area contributed by atoms with Crippen LogP contribution in [-0.4, -0.2) is 248 Å². The summed E-state index contributed by atoms with van der Waals surface area (Å²) in [6, 6.07) is 5.93. The lowest BCUT2D eigenvalue weighted by Crippen LogP contribution is -2.64. The Kier molecular flexibility index (Phi) is 29.9. The van der Waals surface area contributed by atoms with Crippen molar-refractivity contribution < 1.29 is 62.3 Å². The number of hydrogen-bond donors (Lipinski definition) is 4. The molecule has 1 aliphatic carbocycles. The number of hydrogen-bond acceptors (Lipinski definition) is 13. The third kappa shape index (κ3) is 22.2. The van der Waals surface area contributed by atoms with Crippen LogP contribution in [0, 0.1) is 36.0 Å². The molecule has 0 radical (unpaired) electrons. The summed E-state index contributed by atoms with van der Waals surface area (Å²) in [7, 11) is 11.5. The summed E-state index contributed by atoms with van der Waals surface area (Å²) in [5, 5.41) is 11.4. The molecule has 2 aliphatic heterocycles. The Balaban J connectivity index is 1.61. The minimum absolute atomic E-state index is 0.0567. The van der Waals surface area contributed by atoms with Gasteiger partial charge in [0.05, 0.1) is 39.1 Å². The van der Waals surface area contributed by atoms with Crippen LogP contribution in [0.4, 0.5) is 0 Å².